The van der Waals surface area contributed by atoms with E-state index in [9.17, 15) is 9.59 Å². The monoisotopic (exact) mass is 293 g/mol. The minimum absolute atomic E-state index is 0.0378. The van der Waals surface area contributed by atoms with E-state index in [1.54, 1.807) is 11.0 Å². The first-order chi connectivity index (χ1) is 9.93. The summed E-state index contributed by atoms with van der Waals surface area (Å²) in [5.74, 6) is 0.528. The van der Waals surface area contributed by atoms with Crippen LogP contribution in [-0.2, 0) is 16.1 Å². The lowest BCUT2D eigenvalue weighted by Crippen LogP contribution is -2.64. The molecule has 1 aliphatic heterocycles. The van der Waals surface area contributed by atoms with Crippen molar-refractivity contribution in [3.8, 4) is 0 Å². The summed E-state index contributed by atoms with van der Waals surface area (Å²) in [4.78, 5) is 26.6. The molecule has 2 heterocycles. The second-order valence-electron chi connectivity index (χ2n) is 5.94. The molecule has 6 nitrogen and oxygen atoms in total. The molecule has 0 spiro atoms. The summed E-state index contributed by atoms with van der Waals surface area (Å²) in [7, 11) is 0. The van der Waals surface area contributed by atoms with Gasteiger partial charge in [0.05, 0.1) is 12.2 Å². The van der Waals surface area contributed by atoms with Crippen LogP contribution in [0.5, 0.6) is 0 Å². The van der Waals surface area contributed by atoms with Crippen LogP contribution in [0.1, 0.15) is 45.1 Å². The summed E-state index contributed by atoms with van der Waals surface area (Å²) in [6.07, 6.45) is 1.50. The summed E-state index contributed by atoms with van der Waals surface area (Å²) in [5.41, 5.74) is 0.769. The van der Waals surface area contributed by atoms with Crippen LogP contribution in [0.25, 0.3) is 0 Å². The lowest BCUT2D eigenvalue weighted by Gasteiger charge is -2.40. The molecular weight excluding hydrogens is 270 g/mol. The van der Waals surface area contributed by atoms with Gasteiger partial charge in [0, 0.05) is 6.07 Å². The SMILES string of the molecule is CCCC1NC(=O)C(C(C)C)N(Cc2cc(C)no2)C1=O. The van der Waals surface area contributed by atoms with Gasteiger partial charge in [0.1, 0.15) is 12.1 Å². The highest BCUT2D eigenvalue weighted by Crippen LogP contribution is 2.22. The molecule has 6 heteroatoms. The molecule has 0 aliphatic carbocycles. The first-order valence-corrected chi connectivity index (χ1v) is 7.47. The van der Waals surface area contributed by atoms with Crippen molar-refractivity contribution in [3.05, 3.63) is 17.5 Å². The Morgan fingerprint density at radius 2 is 2.14 bits per heavy atom. The van der Waals surface area contributed by atoms with E-state index in [-0.39, 0.29) is 24.3 Å². The van der Waals surface area contributed by atoms with E-state index >= 15 is 0 Å². The Morgan fingerprint density at radius 1 is 1.43 bits per heavy atom. The zero-order valence-electron chi connectivity index (χ0n) is 13.0. The minimum Gasteiger partial charge on any atom is -0.359 e. The Balaban J connectivity index is 2.25. The van der Waals surface area contributed by atoms with Gasteiger partial charge in [0.15, 0.2) is 5.76 Å². The number of hydrogen-bond donors (Lipinski definition) is 1. The highest BCUT2D eigenvalue weighted by Gasteiger charge is 2.41. The average Bonchev–Trinajstić information content (AvgIpc) is 2.80. The Labute approximate surface area is 124 Å². The van der Waals surface area contributed by atoms with Crippen molar-refractivity contribution in [1.29, 1.82) is 0 Å². The van der Waals surface area contributed by atoms with Gasteiger partial charge < -0.3 is 14.7 Å². The van der Waals surface area contributed by atoms with Crippen molar-refractivity contribution in [1.82, 2.24) is 15.4 Å². The van der Waals surface area contributed by atoms with Gasteiger partial charge in [-0.2, -0.15) is 0 Å². The molecule has 1 aliphatic rings. The third kappa shape index (κ3) is 3.25. The summed E-state index contributed by atoms with van der Waals surface area (Å²) < 4.78 is 5.20. The van der Waals surface area contributed by atoms with Gasteiger partial charge in [0.2, 0.25) is 11.8 Å². The lowest BCUT2D eigenvalue weighted by molar-refractivity contribution is -0.152. The molecule has 0 bridgehead atoms. The van der Waals surface area contributed by atoms with E-state index in [1.807, 2.05) is 27.7 Å². The van der Waals surface area contributed by atoms with Gasteiger partial charge in [-0.25, -0.2) is 0 Å². The molecule has 21 heavy (non-hydrogen) atoms. The van der Waals surface area contributed by atoms with Gasteiger partial charge in [-0.3, -0.25) is 9.59 Å². The normalized spacial score (nSPS) is 22.8. The summed E-state index contributed by atoms with van der Waals surface area (Å²) >= 11 is 0. The Bertz CT molecular complexity index is 524. The molecule has 2 rings (SSSR count). The van der Waals surface area contributed by atoms with E-state index in [2.05, 4.69) is 10.5 Å². The first-order valence-electron chi connectivity index (χ1n) is 7.47. The van der Waals surface area contributed by atoms with E-state index < -0.39 is 12.1 Å². The number of carbonyl (C=O) groups is 2. The van der Waals surface area contributed by atoms with Crippen molar-refractivity contribution in [2.24, 2.45) is 5.92 Å². The van der Waals surface area contributed by atoms with Crippen molar-refractivity contribution in [2.45, 2.75) is 59.2 Å². The van der Waals surface area contributed by atoms with E-state index in [1.165, 1.54) is 0 Å². The van der Waals surface area contributed by atoms with Crippen LogP contribution in [0.15, 0.2) is 10.6 Å². The number of carbonyl (C=O) groups excluding carboxylic acids is 2. The molecule has 116 valence electrons. The van der Waals surface area contributed by atoms with Crippen LogP contribution in [0, 0.1) is 12.8 Å². The number of aryl methyl sites for hydroxylation is 1. The van der Waals surface area contributed by atoms with Crippen molar-refractivity contribution < 1.29 is 14.1 Å². The van der Waals surface area contributed by atoms with E-state index in [0.29, 0.717) is 12.2 Å². The van der Waals surface area contributed by atoms with Crippen LogP contribution in [0.2, 0.25) is 0 Å². The summed E-state index contributed by atoms with van der Waals surface area (Å²) in [6.45, 7) is 8.00. The second kappa shape index (κ2) is 6.28. The molecule has 2 atom stereocenters. The largest absolute Gasteiger partial charge is 0.359 e. The standard InChI is InChI=1S/C15H23N3O3/c1-5-6-12-15(20)18(8-11-7-10(4)17-21-11)13(9(2)3)14(19)16-12/h7,9,12-13H,5-6,8H2,1-4H3,(H,16,19). The van der Waals surface area contributed by atoms with Crippen molar-refractivity contribution >= 4 is 11.8 Å². The topological polar surface area (TPSA) is 75.4 Å². The molecular formula is C15H23N3O3. The number of rotatable bonds is 5. The van der Waals surface area contributed by atoms with Gasteiger partial charge in [-0.15, -0.1) is 0 Å². The van der Waals surface area contributed by atoms with Gasteiger partial charge in [0.25, 0.3) is 0 Å². The quantitative estimate of drug-likeness (QED) is 0.895. The molecule has 1 N–H and O–H groups in total. The molecule has 1 aromatic heterocycles. The zero-order valence-corrected chi connectivity index (χ0v) is 13.0. The molecule has 1 saturated heterocycles. The number of piperazine rings is 1. The fourth-order valence-corrected chi connectivity index (χ4v) is 2.78. The van der Waals surface area contributed by atoms with Crippen molar-refractivity contribution in [3.63, 3.8) is 0 Å². The summed E-state index contributed by atoms with van der Waals surface area (Å²) in [6, 6.07) is 0.906. The maximum atomic E-state index is 12.6. The predicted octanol–water partition coefficient (Wildman–Crippen LogP) is 1.63. The van der Waals surface area contributed by atoms with Crippen LogP contribution in [-0.4, -0.2) is 34.0 Å². The number of aromatic nitrogens is 1. The van der Waals surface area contributed by atoms with Gasteiger partial charge in [-0.05, 0) is 19.3 Å². The zero-order chi connectivity index (χ0) is 15.6. The Kier molecular flexibility index (Phi) is 4.65. The fraction of sp³-hybridized carbons (Fsp3) is 0.667. The van der Waals surface area contributed by atoms with Gasteiger partial charge in [-0.1, -0.05) is 32.3 Å². The van der Waals surface area contributed by atoms with Crippen LogP contribution < -0.4 is 5.32 Å². The predicted molar refractivity (Wildman–Crippen MR) is 77.3 cm³/mol. The molecule has 0 saturated carbocycles. The number of hydrogen-bond acceptors (Lipinski definition) is 4. The maximum absolute atomic E-state index is 12.6. The number of amides is 2. The number of nitrogens with one attached hydrogen (secondary N) is 1. The Hall–Kier alpha value is -1.85. The highest BCUT2D eigenvalue weighted by molar-refractivity contribution is 5.97. The lowest BCUT2D eigenvalue weighted by atomic mass is 9.95. The van der Waals surface area contributed by atoms with Crippen LogP contribution in [0.4, 0.5) is 0 Å². The average molecular weight is 293 g/mol. The third-order valence-corrected chi connectivity index (χ3v) is 3.71. The van der Waals surface area contributed by atoms with E-state index in [0.717, 1.165) is 12.1 Å². The summed E-state index contributed by atoms with van der Waals surface area (Å²) in [5, 5.41) is 6.68. The fourth-order valence-electron chi connectivity index (χ4n) is 2.78. The maximum Gasteiger partial charge on any atom is 0.246 e. The third-order valence-electron chi connectivity index (χ3n) is 3.71. The molecule has 1 fully saturated rings. The van der Waals surface area contributed by atoms with Crippen molar-refractivity contribution in [2.75, 3.05) is 0 Å². The highest BCUT2D eigenvalue weighted by atomic mass is 16.5. The molecule has 2 unspecified atom stereocenters. The van der Waals surface area contributed by atoms with Crippen LogP contribution in [0.3, 0.4) is 0 Å². The smallest absolute Gasteiger partial charge is 0.246 e. The van der Waals surface area contributed by atoms with E-state index in [4.69, 9.17) is 4.52 Å². The second-order valence-corrected chi connectivity index (χ2v) is 5.94. The van der Waals surface area contributed by atoms with Crippen LogP contribution >= 0.6 is 0 Å². The molecule has 0 aromatic carbocycles. The Morgan fingerprint density at radius 3 is 2.67 bits per heavy atom. The first kappa shape index (κ1) is 15.5. The van der Waals surface area contributed by atoms with Gasteiger partial charge >= 0.3 is 0 Å². The number of nitrogens with zero attached hydrogens (tertiary/aromatic N) is 2. The molecule has 2 amide bonds. The molecule has 1 aromatic rings. The minimum atomic E-state index is -0.462. The molecule has 0 radical (unpaired) electrons.